The minimum atomic E-state index is -0.452. The van der Waals surface area contributed by atoms with E-state index in [1.165, 1.54) is 0 Å². The number of amides is 2. The lowest BCUT2D eigenvalue weighted by Gasteiger charge is -2.27. The molecular formula is C12H22N4O2. The molecule has 0 radical (unpaired) electrons. The summed E-state index contributed by atoms with van der Waals surface area (Å²) in [4.78, 5) is 27.3. The molecule has 0 saturated carbocycles. The summed E-state index contributed by atoms with van der Waals surface area (Å²) in [5.74, 6) is -0.820. The lowest BCUT2D eigenvalue weighted by molar-refractivity contribution is -0.145. The van der Waals surface area contributed by atoms with E-state index in [-0.39, 0.29) is 5.91 Å². The Bertz CT molecular complexity index is 296. The summed E-state index contributed by atoms with van der Waals surface area (Å²) < 4.78 is 0. The van der Waals surface area contributed by atoms with Crippen LogP contribution in [0.4, 0.5) is 0 Å². The van der Waals surface area contributed by atoms with Crippen molar-refractivity contribution in [1.82, 2.24) is 20.4 Å². The summed E-state index contributed by atoms with van der Waals surface area (Å²) in [5.41, 5.74) is 0. The fourth-order valence-corrected chi connectivity index (χ4v) is 2.40. The number of hydrogen-bond acceptors (Lipinski definition) is 4. The van der Waals surface area contributed by atoms with Gasteiger partial charge < -0.3 is 15.5 Å². The van der Waals surface area contributed by atoms with E-state index in [2.05, 4.69) is 15.5 Å². The van der Waals surface area contributed by atoms with Crippen molar-refractivity contribution in [2.45, 2.75) is 12.8 Å². The molecule has 2 aliphatic heterocycles. The average Bonchev–Trinajstić information content (AvgIpc) is 2.93. The van der Waals surface area contributed by atoms with Gasteiger partial charge in [-0.2, -0.15) is 0 Å². The van der Waals surface area contributed by atoms with Crippen LogP contribution in [-0.2, 0) is 9.59 Å². The molecule has 6 heteroatoms. The smallest absolute Gasteiger partial charge is 0.311 e. The monoisotopic (exact) mass is 254 g/mol. The summed E-state index contributed by atoms with van der Waals surface area (Å²) in [6.07, 6.45) is 2.03. The van der Waals surface area contributed by atoms with Gasteiger partial charge in [0.1, 0.15) is 0 Å². The van der Waals surface area contributed by atoms with Gasteiger partial charge >= 0.3 is 11.8 Å². The van der Waals surface area contributed by atoms with Gasteiger partial charge in [-0.1, -0.05) is 0 Å². The SMILES string of the molecule is O=C(NCCN1CCNCC1)C(=O)N1CCCC1. The van der Waals surface area contributed by atoms with Gasteiger partial charge in [0, 0.05) is 52.4 Å². The first-order valence-corrected chi connectivity index (χ1v) is 6.77. The zero-order valence-electron chi connectivity index (χ0n) is 10.8. The van der Waals surface area contributed by atoms with Crippen LogP contribution >= 0.6 is 0 Å². The number of carbonyl (C=O) groups excluding carboxylic acids is 2. The molecule has 0 bridgehead atoms. The number of nitrogens with one attached hydrogen (secondary N) is 2. The van der Waals surface area contributed by atoms with E-state index in [4.69, 9.17) is 0 Å². The highest BCUT2D eigenvalue weighted by molar-refractivity contribution is 6.35. The number of likely N-dealkylation sites (tertiary alicyclic amines) is 1. The van der Waals surface area contributed by atoms with E-state index < -0.39 is 5.91 Å². The van der Waals surface area contributed by atoms with E-state index in [9.17, 15) is 9.59 Å². The van der Waals surface area contributed by atoms with Crippen molar-refractivity contribution >= 4 is 11.8 Å². The third kappa shape index (κ3) is 3.68. The first-order chi connectivity index (χ1) is 8.77. The molecular weight excluding hydrogens is 232 g/mol. The number of piperazine rings is 1. The van der Waals surface area contributed by atoms with Crippen molar-refractivity contribution < 1.29 is 9.59 Å². The minimum Gasteiger partial charge on any atom is -0.347 e. The minimum absolute atomic E-state index is 0.368. The highest BCUT2D eigenvalue weighted by Crippen LogP contribution is 2.06. The maximum absolute atomic E-state index is 11.7. The second-order valence-electron chi connectivity index (χ2n) is 4.85. The van der Waals surface area contributed by atoms with Crippen LogP contribution in [0.2, 0.25) is 0 Å². The van der Waals surface area contributed by atoms with Crippen LogP contribution in [0.25, 0.3) is 0 Å². The first-order valence-electron chi connectivity index (χ1n) is 6.77. The Morgan fingerprint density at radius 3 is 2.39 bits per heavy atom. The number of carbonyl (C=O) groups is 2. The Balaban J connectivity index is 1.63. The predicted molar refractivity (Wildman–Crippen MR) is 68.1 cm³/mol. The standard InChI is InChI=1S/C12H22N4O2/c17-11(12(18)16-6-1-2-7-16)14-5-10-15-8-3-13-4-9-15/h13H,1-10H2,(H,14,17). The number of rotatable bonds is 3. The average molecular weight is 254 g/mol. The van der Waals surface area contributed by atoms with Gasteiger partial charge in [-0.3, -0.25) is 14.5 Å². The van der Waals surface area contributed by atoms with Gasteiger partial charge in [0.05, 0.1) is 0 Å². The van der Waals surface area contributed by atoms with Crippen LogP contribution in [0, 0.1) is 0 Å². The molecule has 2 rings (SSSR count). The van der Waals surface area contributed by atoms with Crippen LogP contribution in [0.5, 0.6) is 0 Å². The third-order valence-electron chi connectivity index (χ3n) is 3.51. The Kier molecular flexibility index (Phi) is 4.95. The number of nitrogens with zero attached hydrogens (tertiary/aromatic N) is 2. The Morgan fingerprint density at radius 2 is 1.72 bits per heavy atom. The van der Waals surface area contributed by atoms with Crippen molar-refractivity contribution in [1.29, 1.82) is 0 Å². The molecule has 0 spiro atoms. The number of hydrogen-bond donors (Lipinski definition) is 2. The first kappa shape index (κ1) is 13.3. The predicted octanol–water partition coefficient (Wildman–Crippen LogP) is -1.37. The summed E-state index contributed by atoms with van der Waals surface area (Å²) in [6.45, 7) is 6.85. The van der Waals surface area contributed by atoms with Gasteiger partial charge in [0.25, 0.3) is 0 Å². The van der Waals surface area contributed by atoms with Gasteiger partial charge in [0.15, 0.2) is 0 Å². The van der Waals surface area contributed by atoms with E-state index in [0.717, 1.165) is 58.7 Å². The van der Waals surface area contributed by atoms with Crippen LogP contribution < -0.4 is 10.6 Å². The lowest BCUT2D eigenvalue weighted by Crippen LogP contribution is -2.48. The fourth-order valence-electron chi connectivity index (χ4n) is 2.40. The van der Waals surface area contributed by atoms with Crippen molar-refractivity contribution in [3.8, 4) is 0 Å². The van der Waals surface area contributed by atoms with Gasteiger partial charge in [-0.05, 0) is 12.8 Å². The highest BCUT2D eigenvalue weighted by atomic mass is 16.2. The largest absolute Gasteiger partial charge is 0.347 e. The molecule has 2 amide bonds. The van der Waals surface area contributed by atoms with Crippen molar-refractivity contribution in [2.75, 3.05) is 52.4 Å². The molecule has 102 valence electrons. The topological polar surface area (TPSA) is 64.7 Å². The molecule has 2 saturated heterocycles. The zero-order valence-corrected chi connectivity index (χ0v) is 10.8. The molecule has 0 aromatic heterocycles. The maximum Gasteiger partial charge on any atom is 0.311 e. The quantitative estimate of drug-likeness (QED) is 0.610. The Labute approximate surface area is 108 Å². The molecule has 2 heterocycles. The maximum atomic E-state index is 11.7. The van der Waals surface area contributed by atoms with Gasteiger partial charge in [-0.25, -0.2) is 0 Å². The van der Waals surface area contributed by atoms with E-state index >= 15 is 0 Å². The summed E-state index contributed by atoms with van der Waals surface area (Å²) in [7, 11) is 0. The molecule has 2 fully saturated rings. The second-order valence-corrected chi connectivity index (χ2v) is 4.85. The molecule has 0 atom stereocenters. The normalized spacial score (nSPS) is 21.0. The Morgan fingerprint density at radius 1 is 1.06 bits per heavy atom. The molecule has 18 heavy (non-hydrogen) atoms. The van der Waals surface area contributed by atoms with E-state index in [1.54, 1.807) is 4.90 Å². The van der Waals surface area contributed by atoms with Crippen molar-refractivity contribution in [3.63, 3.8) is 0 Å². The zero-order chi connectivity index (χ0) is 12.8. The van der Waals surface area contributed by atoms with Crippen LogP contribution in [-0.4, -0.2) is 74.0 Å². The van der Waals surface area contributed by atoms with E-state index in [1.807, 2.05) is 0 Å². The molecule has 2 N–H and O–H groups in total. The molecule has 6 nitrogen and oxygen atoms in total. The summed E-state index contributed by atoms with van der Waals surface area (Å²) in [6, 6.07) is 0. The molecule has 2 aliphatic rings. The van der Waals surface area contributed by atoms with Crippen molar-refractivity contribution in [3.05, 3.63) is 0 Å². The van der Waals surface area contributed by atoms with E-state index in [0.29, 0.717) is 6.54 Å². The van der Waals surface area contributed by atoms with Crippen LogP contribution in [0.1, 0.15) is 12.8 Å². The van der Waals surface area contributed by atoms with Crippen LogP contribution in [0.15, 0.2) is 0 Å². The highest BCUT2D eigenvalue weighted by Gasteiger charge is 2.24. The molecule has 0 aromatic rings. The van der Waals surface area contributed by atoms with Gasteiger partial charge in [0.2, 0.25) is 0 Å². The Hall–Kier alpha value is -1.14. The fraction of sp³-hybridized carbons (Fsp3) is 0.833. The lowest BCUT2D eigenvalue weighted by atomic mass is 10.3. The van der Waals surface area contributed by atoms with Gasteiger partial charge in [-0.15, -0.1) is 0 Å². The summed E-state index contributed by atoms with van der Waals surface area (Å²) >= 11 is 0. The summed E-state index contributed by atoms with van der Waals surface area (Å²) in [5, 5.41) is 5.99. The second kappa shape index (κ2) is 6.70. The van der Waals surface area contributed by atoms with Crippen molar-refractivity contribution in [2.24, 2.45) is 0 Å². The van der Waals surface area contributed by atoms with Crippen LogP contribution in [0.3, 0.4) is 0 Å². The molecule has 0 aromatic carbocycles. The molecule has 0 aliphatic carbocycles. The third-order valence-corrected chi connectivity index (χ3v) is 3.51. The molecule has 0 unspecified atom stereocenters.